The number of aromatic amines is 1. The number of aryl methyl sites for hydroxylation is 2. The van der Waals surface area contributed by atoms with Crippen LogP contribution in [0.15, 0.2) is 63.9 Å². The summed E-state index contributed by atoms with van der Waals surface area (Å²) in [4.78, 5) is 33.1. The van der Waals surface area contributed by atoms with Gasteiger partial charge in [0.2, 0.25) is 0 Å². The number of carbonyl (C=O) groups is 1. The minimum absolute atomic E-state index is 0.103. The van der Waals surface area contributed by atoms with Crippen LogP contribution in [0.5, 0.6) is 0 Å². The van der Waals surface area contributed by atoms with E-state index in [2.05, 4.69) is 28.2 Å². The third-order valence-corrected chi connectivity index (χ3v) is 7.62. The molecule has 0 radical (unpaired) electrons. The van der Waals surface area contributed by atoms with Crippen LogP contribution in [-0.4, -0.2) is 28.3 Å². The molecule has 4 aromatic rings. The van der Waals surface area contributed by atoms with Crippen molar-refractivity contribution in [2.75, 3.05) is 12.4 Å². The Balaban J connectivity index is 1.25. The Morgan fingerprint density at radius 2 is 1.91 bits per heavy atom. The van der Waals surface area contributed by atoms with Crippen molar-refractivity contribution in [3.8, 4) is 11.1 Å². The number of carbonyl (C=O) groups excluding carboxylic acids is 1. The van der Waals surface area contributed by atoms with E-state index < -0.39 is 0 Å². The first-order valence-electron chi connectivity index (χ1n) is 11.1. The molecule has 1 N–H and O–H groups in total. The molecule has 0 saturated carbocycles. The number of H-pyrrole nitrogens is 1. The van der Waals surface area contributed by atoms with Gasteiger partial charge in [0.15, 0.2) is 5.16 Å². The molecule has 0 fully saturated rings. The molecule has 0 unspecified atom stereocenters. The van der Waals surface area contributed by atoms with Crippen molar-refractivity contribution in [1.29, 1.82) is 0 Å². The normalized spacial score (nSPS) is 13.1. The molecule has 168 valence electrons. The van der Waals surface area contributed by atoms with E-state index in [1.54, 1.807) is 0 Å². The molecule has 0 spiro atoms. The molecule has 2 aromatic heterocycles. The molecule has 0 amide bonds. The number of thioether (sulfide) groups is 1. The lowest BCUT2D eigenvalue weighted by Gasteiger charge is -2.16. The SMILES string of the molecule is O=C(CSc1nc2scc(-c3ccc4c(c3)CCCC4)c2c(=O)[nH]1)OCCc1ccccc1. The number of thiophene rings is 1. The molecule has 5 nitrogen and oxygen atoms in total. The van der Waals surface area contributed by atoms with Crippen LogP contribution >= 0.6 is 23.1 Å². The highest BCUT2D eigenvalue weighted by Gasteiger charge is 2.16. The Labute approximate surface area is 200 Å². The average Bonchev–Trinajstić information content (AvgIpc) is 3.28. The first kappa shape index (κ1) is 21.9. The summed E-state index contributed by atoms with van der Waals surface area (Å²) >= 11 is 2.65. The number of ether oxygens (including phenoxy) is 1. The third kappa shape index (κ3) is 5.04. The van der Waals surface area contributed by atoms with Gasteiger partial charge in [-0.3, -0.25) is 9.59 Å². The minimum atomic E-state index is -0.320. The van der Waals surface area contributed by atoms with E-state index >= 15 is 0 Å². The van der Waals surface area contributed by atoms with Gasteiger partial charge in [-0.25, -0.2) is 4.98 Å². The maximum absolute atomic E-state index is 12.9. The fraction of sp³-hybridized carbons (Fsp3) is 0.269. The largest absolute Gasteiger partial charge is 0.465 e. The van der Waals surface area contributed by atoms with Gasteiger partial charge in [-0.1, -0.05) is 60.3 Å². The van der Waals surface area contributed by atoms with E-state index in [0.717, 1.165) is 29.5 Å². The van der Waals surface area contributed by atoms with Crippen molar-refractivity contribution in [2.45, 2.75) is 37.3 Å². The summed E-state index contributed by atoms with van der Waals surface area (Å²) < 4.78 is 5.32. The first-order valence-corrected chi connectivity index (χ1v) is 13.0. The van der Waals surface area contributed by atoms with Crippen LogP contribution in [0.25, 0.3) is 21.3 Å². The Morgan fingerprint density at radius 1 is 1.09 bits per heavy atom. The summed E-state index contributed by atoms with van der Waals surface area (Å²) in [5, 5.41) is 3.06. The van der Waals surface area contributed by atoms with Crippen LogP contribution in [0, 0.1) is 0 Å². The molecule has 5 rings (SSSR count). The van der Waals surface area contributed by atoms with E-state index in [0.29, 0.717) is 28.4 Å². The van der Waals surface area contributed by atoms with Gasteiger partial charge in [0.25, 0.3) is 5.56 Å². The van der Waals surface area contributed by atoms with Gasteiger partial charge < -0.3 is 9.72 Å². The Bertz CT molecular complexity index is 1340. The zero-order chi connectivity index (χ0) is 22.6. The fourth-order valence-electron chi connectivity index (χ4n) is 4.21. The minimum Gasteiger partial charge on any atom is -0.465 e. The fourth-order valence-corrected chi connectivity index (χ4v) is 5.87. The van der Waals surface area contributed by atoms with Gasteiger partial charge in [-0.15, -0.1) is 11.3 Å². The molecule has 2 aromatic carbocycles. The monoisotopic (exact) mass is 476 g/mol. The molecule has 0 atom stereocenters. The van der Waals surface area contributed by atoms with E-state index in [1.165, 1.54) is 47.1 Å². The van der Waals surface area contributed by atoms with Gasteiger partial charge in [0, 0.05) is 17.4 Å². The second kappa shape index (κ2) is 9.93. The Hall–Kier alpha value is -2.90. The maximum atomic E-state index is 12.9. The standard InChI is InChI=1S/C26H24N2O3S2/c29-22(31-13-12-17-6-2-1-3-7-17)16-33-26-27-24(30)23-21(15-32-25(23)28-26)20-11-10-18-8-4-5-9-19(18)14-20/h1-3,6-7,10-11,14-15H,4-5,8-9,12-13,16H2,(H,27,28,30). The van der Waals surface area contributed by atoms with Gasteiger partial charge in [-0.2, -0.15) is 0 Å². The number of esters is 1. The van der Waals surface area contributed by atoms with E-state index in [4.69, 9.17) is 4.74 Å². The number of nitrogens with zero attached hydrogens (tertiary/aromatic N) is 1. The highest BCUT2D eigenvalue weighted by molar-refractivity contribution is 7.99. The van der Waals surface area contributed by atoms with Gasteiger partial charge in [0.05, 0.1) is 17.7 Å². The topological polar surface area (TPSA) is 72.0 Å². The second-order valence-corrected chi connectivity index (χ2v) is 9.96. The van der Waals surface area contributed by atoms with Crippen LogP contribution in [0.4, 0.5) is 0 Å². The molecule has 1 aliphatic rings. The smallest absolute Gasteiger partial charge is 0.316 e. The lowest BCUT2D eigenvalue weighted by atomic mass is 9.89. The summed E-state index contributed by atoms with van der Waals surface area (Å²) in [7, 11) is 0. The highest BCUT2D eigenvalue weighted by atomic mass is 32.2. The zero-order valence-corrected chi connectivity index (χ0v) is 19.8. The molecule has 0 aliphatic heterocycles. The molecule has 7 heteroatoms. The summed E-state index contributed by atoms with van der Waals surface area (Å²) in [6.07, 6.45) is 5.38. The van der Waals surface area contributed by atoms with Crippen LogP contribution in [0.2, 0.25) is 0 Å². The molecule has 1 aliphatic carbocycles. The van der Waals surface area contributed by atoms with Gasteiger partial charge in [-0.05, 0) is 47.9 Å². The Morgan fingerprint density at radius 3 is 2.76 bits per heavy atom. The number of benzene rings is 2. The summed E-state index contributed by atoms with van der Waals surface area (Å²) in [6.45, 7) is 0.335. The van der Waals surface area contributed by atoms with Crippen LogP contribution < -0.4 is 5.56 Å². The van der Waals surface area contributed by atoms with E-state index in [9.17, 15) is 9.59 Å². The average molecular weight is 477 g/mol. The quantitative estimate of drug-likeness (QED) is 0.219. The molecule has 0 bridgehead atoms. The van der Waals surface area contributed by atoms with E-state index in [1.807, 2.05) is 35.7 Å². The lowest BCUT2D eigenvalue weighted by Crippen LogP contribution is -2.12. The van der Waals surface area contributed by atoms with E-state index in [-0.39, 0.29) is 17.3 Å². The van der Waals surface area contributed by atoms with Gasteiger partial charge >= 0.3 is 5.97 Å². The van der Waals surface area contributed by atoms with Crippen molar-refractivity contribution in [2.24, 2.45) is 0 Å². The predicted molar refractivity (Wildman–Crippen MR) is 134 cm³/mol. The first-order chi connectivity index (χ1) is 16.2. The van der Waals surface area contributed by atoms with Crippen molar-refractivity contribution >= 4 is 39.3 Å². The number of rotatable bonds is 7. The highest BCUT2D eigenvalue weighted by Crippen LogP contribution is 2.34. The summed E-state index contributed by atoms with van der Waals surface area (Å²) in [5.74, 6) is -0.216. The molecule has 0 saturated heterocycles. The molecular formula is C26H24N2O3S2. The number of fused-ring (bicyclic) bond motifs is 2. The van der Waals surface area contributed by atoms with Crippen LogP contribution in [0.1, 0.15) is 29.5 Å². The third-order valence-electron chi connectivity index (χ3n) is 5.91. The molecule has 2 heterocycles. The maximum Gasteiger partial charge on any atom is 0.316 e. The predicted octanol–water partition coefficient (Wildman–Crippen LogP) is 5.41. The van der Waals surface area contributed by atoms with Crippen molar-refractivity contribution < 1.29 is 9.53 Å². The molecule has 33 heavy (non-hydrogen) atoms. The summed E-state index contributed by atoms with van der Waals surface area (Å²) in [6, 6.07) is 16.4. The number of hydrogen-bond donors (Lipinski definition) is 1. The molecular weight excluding hydrogens is 452 g/mol. The Kier molecular flexibility index (Phi) is 6.60. The van der Waals surface area contributed by atoms with Crippen molar-refractivity contribution in [3.63, 3.8) is 0 Å². The van der Waals surface area contributed by atoms with Crippen molar-refractivity contribution in [1.82, 2.24) is 9.97 Å². The lowest BCUT2D eigenvalue weighted by molar-refractivity contribution is -0.140. The number of nitrogens with one attached hydrogen (secondary N) is 1. The van der Waals surface area contributed by atoms with Crippen LogP contribution in [-0.2, 0) is 28.8 Å². The van der Waals surface area contributed by atoms with Crippen LogP contribution in [0.3, 0.4) is 0 Å². The number of hydrogen-bond acceptors (Lipinski definition) is 6. The van der Waals surface area contributed by atoms with Gasteiger partial charge in [0.1, 0.15) is 4.83 Å². The second-order valence-electron chi connectivity index (χ2n) is 8.14. The van der Waals surface area contributed by atoms with Crippen molar-refractivity contribution in [3.05, 3.63) is 81.0 Å². The summed E-state index contributed by atoms with van der Waals surface area (Å²) in [5.41, 5.74) is 5.76. The number of aromatic nitrogens is 2. The zero-order valence-electron chi connectivity index (χ0n) is 18.1.